The maximum absolute atomic E-state index is 11.4. The lowest BCUT2D eigenvalue weighted by atomic mass is 9.63. The Morgan fingerprint density at radius 1 is 1.40 bits per heavy atom. The Kier molecular flexibility index (Phi) is 1.71. The van der Waals surface area contributed by atoms with Crippen LogP contribution in [0.1, 0.15) is 19.8 Å². The average Bonchev–Trinajstić information content (AvgIpc) is 2.58. The van der Waals surface area contributed by atoms with E-state index in [1.807, 2.05) is 0 Å². The molecule has 1 unspecified atom stereocenters. The molecule has 3 fully saturated rings. The van der Waals surface area contributed by atoms with Crippen molar-refractivity contribution < 1.29 is 8.42 Å². The lowest BCUT2D eigenvalue weighted by molar-refractivity contribution is -0.0872. The third-order valence-corrected chi connectivity index (χ3v) is 5.31. The Labute approximate surface area is 90.2 Å². The van der Waals surface area contributed by atoms with E-state index in [0.717, 1.165) is 25.9 Å². The van der Waals surface area contributed by atoms with Crippen molar-refractivity contribution in [2.24, 2.45) is 16.0 Å². The van der Waals surface area contributed by atoms with Gasteiger partial charge in [0.1, 0.15) is 0 Å². The van der Waals surface area contributed by atoms with Crippen LogP contribution in [0, 0.1) is 10.8 Å². The number of hydrogen-bond donors (Lipinski definition) is 2. The lowest BCUT2D eigenvalue weighted by Crippen LogP contribution is -2.80. The highest BCUT2D eigenvalue weighted by Crippen LogP contribution is 2.60. The molecule has 1 saturated carbocycles. The fourth-order valence-corrected chi connectivity index (χ4v) is 4.44. The summed E-state index contributed by atoms with van der Waals surface area (Å²) in [7, 11) is -3.50. The summed E-state index contributed by atoms with van der Waals surface area (Å²) in [6.07, 6.45) is 2.26. The minimum Gasteiger partial charge on any atom is -0.315 e. The normalized spacial score (nSPS) is 37.1. The first-order valence-electron chi connectivity index (χ1n) is 5.38. The Hall–Kier alpha value is -0.170. The highest BCUT2D eigenvalue weighted by atomic mass is 32.2. The SMILES string of the molecule is CC1(C2N(S(N)(=O)=O)CC23CNC3)CC1. The molecular formula is C9H17N3O2S. The Morgan fingerprint density at radius 3 is 2.33 bits per heavy atom. The zero-order valence-electron chi connectivity index (χ0n) is 8.86. The van der Waals surface area contributed by atoms with Crippen molar-refractivity contribution in [3.8, 4) is 0 Å². The van der Waals surface area contributed by atoms with Gasteiger partial charge in [0.15, 0.2) is 0 Å². The summed E-state index contributed by atoms with van der Waals surface area (Å²) in [4.78, 5) is 0. The summed E-state index contributed by atoms with van der Waals surface area (Å²) >= 11 is 0. The van der Waals surface area contributed by atoms with Crippen molar-refractivity contribution in [2.45, 2.75) is 25.8 Å². The molecule has 1 aliphatic carbocycles. The van der Waals surface area contributed by atoms with Crippen molar-refractivity contribution in [2.75, 3.05) is 19.6 Å². The van der Waals surface area contributed by atoms with Crippen molar-refractivity contribution in [3.05, 3.63) is 0 Å². The molecule has 2 aliphatic heterocycles. The van der Waals surface area contributed by atoms with E-state index in [1.54, 1.807) is 0 Å². The first kappa shape index (κ1) is 10.0. The maximum Gasteiger partial charge on any atom is 0.277 e. The van der Waals surface area contributed by atoms with E-state index in [9.17, 15) is 8.42 Å². The van der Waals surface area contributed by atoms with Gasteiger partial charge in [0.25, 0.3) is 10.2 Å². The second-order valence-corrected chi connectivity index (χ2v) is 7.11. The molecule has 0 aromatic heterocycles. The van der Waals surface area contributed by atoms with Crippen LogP contribution in [-0.2, 0) is 10.2 Å². The molecule has 0 aromatic rings. The molecule has 2 heterocycles. The number of rotatable bonds is 2. The smallest absolute Gasteiger partial charge is 0.277 e. The molecule has 6 heteroatoms. The zero-order chi connectivity index (χ0) is 10.9. The zero-order valence-corrected chi connectivity index (χ0v) is 9.68. The van der Waals surface area contributed by atoms with Crippen molar-refractivity contribution in [1.82, 2.24) is 9.62 Å². The fourth-order valence-electron chi connectivity index (χ4n) is 3.23. The van der Waals surface area contributed by atoms with Crippen molar-refractivity contribution in [3.63, 3.8) is 0 Å². The molecule has 1 atom stereocenters. The molecule has 15 heavy (non-hydrogen) atoms. The van der Waals surface area contributed by atoms with Crippen LogP contribution in [0.4, 0.5) is 0 Å². The predicted octanol–water partition coefficient (Wildman–Crippen LogP) is -0.736. The van der Waals surface area contributed by atoms with Gasteiger partial charge in [-0.2, -0.15) is 12.7 Å². The largest absolute Gasteiger partial charge is 0.315 e. The summed E-state index contributed by atoms with van der Waals surface area (Å²) in [6, 6.07) is 0.140. The van der Waals surface area contributed by atoms with Crippen molar-refractivity contribution >= 4 is 10.2 Å². The monoisotopic (exact) mass is 231 g/mol. The molecular weight excluding hydrogens is 214 g/mol. The molecule has 1 spiro atoms. The van der Waals surface area contributed by atoms with E-state index in [0.29, 0.717) is 6.54 Å². The molecule has 2 saturated heterocycles. The molecule has 3 rings (SSSR count). The van der Waals surface area contributed by atoms with Gasteiger partial charge in [0.2, 0.25) is 0 Å². The molecule has 3 N–H and O–H groups in total. The Balaban J connectivity index is 1.90. The molecule has 5 nitrogen and oxygen atoms in total. The van der Waals surface area contributed by atoms with Crippen LogP contribution in [0.5, 0.6) is 0 Å². The van der Waals surface area contributed by atoms with Crippen LogP contribution < -0.4 is 10.5 Å². The minimum absolute atomic E-state index is 0.140. The van der Waals surface area contributed by atoms with Gasteiger partial charge in [-0.15, -0.1) is 0 Å². The third-order valence-electron chi connectivity index (χ3n) is 4.32. The summed E-state index contributed by atoms with van der Waals surface area (Å²) in [5, 5.41) is 8.48. The topological polar surface area (TPSA) is 75.4 Å². The van der Waals surface area contributed by atoms with Gasteiger partial charge in [-0.3, -0.25) is 0 Å². The van der Waals surface area contributed by atoms with Gasteiger partial charge in [0, 0.05) is 31.1 Å². The van der Waals surface area contributed by atoms with E-state index in [4.69, 9.17) is 5.14 Å². The van der Waals surface area contributed by atoms with E-state index in [1.165, 1.54) is 4.31 Å². The van der Waals surface area contributed by atoms with Gasteiger partial charge < -0.3 is 5.32 Å². The first-order valence-corrected chi connectivity index (χ1v) is 6.88. The van der Waals surface area contributed by atoms with Gasteiger partial charge in [0.05, 0.1) is 0 Å². The Bertz CT molecular complexity index is 398. The fraction of sp³-hybridized carbons (Fsp3) is 1.00. The highest BCUT2D eigenvalue weighted by Gasteiger charge is 2.67. The third kappa shape index (κ3) is 1.22. The standard InChI is InChI=1S/C9H17N3O2S/c1-8(2-3-8)7-9(4-11-5-9)6-12(7)15(10,13)14/h7,11H,2-6H2,1H3,(H2,10,13,14). The van der Waals surface area contributed by atoms with Crippen LogP contribution in [0.25, 0.3) is 0 Å². The average molecular weight is 231 g/mol. The lowest BCUT2D eigenvalue weighted by Gasteiger charge is -2.63. The Morgan fingerprint density at radius 2 is 2.00 bits per heavy atom. The summed E-state index contributed by atoms with van der Waals surface area (Å²) in [6.45, 7) is 4.67. The van der Waals surface area contributed by atoms with E-state index in [2.05, 4.69) is 12.2 Å². The molecule has 0 amide bonds. The molecule has 0 radical (unpaired) electrons. The first-order chi connectivity index (χ1) is 6.88. The minimum atomic E-state index is -3.50. The van der Waals surface area contributed by atoms with E-state index in [-0.39, 0.29) is 16.9 Å². The van der Waals surface area contributed by atoms with Crippen LogP contribution in [-0.4, -0.2) is 38.4 Å². The number of hydrogen-bond acceptors (Lipinski definition) is 3. The van der Waals surface area contributed by atoms with Crippen molar-refractivity contribution in [1.29, 1.82) is 0 Å². The maximum atomic E-state index is 11.4. The predicted molar refractivity (Wildman–Crippen MR) is 56.2 cm³/mol. The summed E-state index contributed by atoms with van der Waals surface area (Å²) in [5.74, 6) is 0. The van der Waals surface area contributed by atoms with Gasteiger partial charge in [-0.25, -0.2) is 5.14 Å². The second-order valence-electron chi connectivity index (χ2n) is 5.61. The van der Waals surface area contributed by atoms with E-state index < -0.39 is 10.2 Å². The van der Waals surface area contributed by atoms with Crippen LogP contribution in [0.3, 0.4) is 0 Å². The summed E-state index contributed by atoms with van der Waals surface area (Å²) < 4.78 is 24.3. The molecule has 0 aromatic carbocycles. The second kappa shape index (κ2) is 2.56. The van der Waals surface area contributed by atoms with E-state index >= 15 is 0 Å². The quantitative estimate of drug-likeness (QED) is 0.657. The number of nitrogens with zero attached hydrogens (tertiary/aromatic N) is 1. The van der Waals surface area contributed by atoms with Crippen LogP contribution in [0.15, 0.2) is 0 Å². The molecule has 0 bridgehead atoms. The van der Waals surface area contributed by atoms with Crippen LogP contribution in [0.2, 0.25) is 0 Å². The number of nitrogens with two attached hydrogens (primary N) is 1. The highest BCUT2D eigenvalue weighted by molar-refractivity contribution is 7.86. The number of nitrogens with one attached hydrogen (secondary N) is 1. The summed E-state index contributed by atoms with van der Waals surface area (Å²) in [5.41, 5.74) is 0.379. The van der Waals surface area contributed by atoms with Gasteiger partial charge >= 0.3 is 0 Å². The van der Waals surface area contributed by atoms with Gasteiger partial charge in [-0.1, -0.05) is 6.92 Å². The molecule has 86 valence electrons. The van der Waals surface area contributed by atoms with Crippen LogP contribution >= 0.6 is 0 Å². The van der Waals surface area contributed by atoms with Gasteiger partial charge in [-0.05, 0) is 18.3 Å². The molecule has 3 aliphatic rings.